The smallest absolute Gasteiger partial charge is 0.238 e. The molecule has 102 valence electrons. The summed E-state index contributed by atoms with van der Waals surface area (Å²) < 4.78 is 0. The second-order valence-electron chi connectivity index (χ2n) is 7.07. The van der Waals surface area contributed by atoms with Gasteiger partial charge < -0.3 is 4.90 Å². The van der Waals surface area contributed by atoms with Gasteiger partial charge in [-0.15, -0.1) is 0 Å². The first-order valence-electron chi connectivity index (χ1n) is 7.64. The lowest BCUT2D eigenvalue weighted by molar-refractivity contribution is -0.133. The van der Waals surface area contributed by atoms with Crippen molar-refractivity contribution in [2.75, 3.05) is 6.54 Å². The molecule has 0 bridgehead atoms. The molecule has 3 heteroatoms. The van der Waals surface area contributed by atoms with E-state index in [-0.39, 0.29) is 0 Å². The molecule has 0 spiro atoms. The van der Waals surface area contributed by atoms with Gasteiger partial charge in [-0.25, -0.2) is 0 Å². The predicted molar refractivity (Wildman–Crippen MR) is 72.0 cm³/mol. The highest BCUT2D eigenvalue weighted by Gasteiger charge is 2.47. The molecule has 1 aliphatic heterocycles. The zero-order valence-electron chi connectivity index (χ0n) is 11.7. The van der Waals surface area contributed by atoms with Crippen LogP contribution in [-0.2, 0) is 4.79 Å². The van der Waals surface area contributed by atoms with Crippen LogP contribution in [0, 0.1) is 11.3 Å². The molecule has 18 heavy (non-hydrogen) atoms. The van der Waals surface area contributed by atoms with E-state index in [9.17, 15) is 4.79 Å². The highest BCUT2D eigenvalue weighted by molar-refractivity contribution is 5.81. The van der Waals surface area contributed by atoms with E-state index in [0.29, 0.717) is 36.0 Å². The van der Waals surface area contributed by atoms with E-state index in [4.69, 9.17) is 0 Å². The average molecular weight is 250 g/mol. The number of carbonyl (C=O) groups excluding carboxylic acids is 1. The normalized spacial score (nSPS) is 36.8. The molecule has 1 saturated heterocycles. The van der Waals surface area contributed by atoms with Gasteiger partial charge in [-0.05, 0) is 37.0 Å². The number of amides is 1. The van der Waals surface area contributed by atoms with Crippen molar-refractivity contribution in [2.45, 2.75) is 71.0 Å². The van der Waals surface area contributed by atoms with E-state index < -0.39 is 0 Å². The van der Waals surface area contributed by atoms with Gasteiger partial charge in [-0.3, -0.25) is 10.1 Å². The van der Waals surface area contributed by atoms with Crippen molar-refractivity contribution < 1.29 is 4.79 Å². The molecule has 0 aromatic rings. The first-order chi connectivity index (χ1) is 8.59. The molecule has 0 aromatic heterocycles. The van der Waals surface area contributed by atoms with E-state index in [1.54, 1.807) is 0 Å². The molecular formula is C15H26N2O. The fourth-order valence-electron chi connectivity index (χ4n) is 4.40. The molecule has 0 aromatic carbocycles. The largest absolute Gasteiger partial charge is 0.322 e. The summed E-state index contributed by atoms with van der Waals surface area (Å²) in [5, 5.41) is 3.49. The Kier molecular flexibility index (Phi) is 3.13. The van der Waals surface area contributed by atoms with Crippen molar-refractivity contribution in [1.29, 1.82) is 0 Å². The maximum absolute atomic E-state index is 12.3. The van der Waals surface area contributed by atoms with Crippen LogP contribution < -0.4 is 5.32 Å². The molecule has 2 aliphatic carbocycles. The molecule has 0 radical (unpaired) electrons. The molecule has 2 saturated carbocycles. The topological polar surface area (TPSA) is 32.3 Å². The number of hydrogen-bond acceptors (Lipinski definition) is 2. The minimum Gasteiger partial charge on any atom is -0.322 e. The van der Waals surface area contributed by atoms with Gasteiger partial charge in [0.05, 0.1) is 12.7 Å². The maximum Gasteiger partial charge on any atom is 0.238 e. The molecule has 1 amide bonds. The molecule has 3 aliphatic rings. The molecule has 1 heterocycles. The van der Waals surface area contributed by atoms with E-state index in [2.05, 4.69) is 24.1 Å². The minimum absolute atomic E-state index is 0.304. The van der Waals surface area contributed by atoms with Crippen LogP contribution in [0.1, 0.15) is 58.8 Å². The molecule has 3 nitrogen and oxygen atoms in total. The number of nitrogens with zero attached hydrogens (tertiary/aromatic N) is 1. The third-order valence-corrected chi connectivity index (χ3v) is 5.43. The van der Waals surface area contributed by atoms with Crippen LogP contribution in [0.4, 0.5) is 0 Å². The lowest BCUT2D eigenvalue weighted by Gasteiger charge is -2.40. The van der Waals surface area contributed by atoms with Gasteiger partial charge in [0.2, 0.25) is 5.91 Å². The minimum atomic E-state index is 0.304. The predicted octanol–water partition coefficient (Wildman–Crippen LogP) is 2.51. The zero-order valence-corrected chi connectivity index (χ0v) is 11.7. The van der Waals surface area contributed by atoms with E-state index in [1.165, 1.54) is 44.9 Å². The van der Waals surface area contributed by atoms with Crippen LogP contribution in [0.15, 0.2) is 0 Å². The second-order valence-corrected chi connectivity index (χ2v) is 7.07. The van der Waals surface area contributed by atoms with E-state index >= 15 is 0 Å². The molecular weight excluding hydrogens is 224 g/mol. The van der Waals surface area contributed by atoms with Crippen LogP contribution in [0.3, 0.4) is 0 Å². The zero-order chi connectivity index (χ0) is 12.8. The quantitative estimate of drug-likeness (QED) is 0.816. The Morgan fingerprint density at radius 2 is 1.89 bits per heavy atom. The van der Waals surface area contributed by atoms with Gasteiger partial charge in [0.15, 0.2) is 0 Å². The summed E-state index contributed by atoms with van der Waals surface area (Å²) in [6.07, 6.45) is 9.37. The molecule has 3 rings (SSSR count). The number of carbonyl (C=O) groups is 1. The molecule has 3 fully saturated rings. The van der Waals surface area contributed by atoms with Crippen molar-refractivity contribution in [2.24, 2.45) is 11.3 Å². The summed E-state index contributed by atoms with van der Waals surface area (Å²) >= 11 is 0. The third kappa shape index (κ3) is 1.97. The summed E-state index contributed by atoms with van der Waals surface area (Å²) in [7, 11) is 0. The van der Waals surface area contributed by atoms with Crippen LogP contribution in [0.25, 0.3) is 0 Å². The summed E-state index contributed by atoms with van der Waals surface area (Å²) in [5.41, 5.74) is 0.304. The fraction of sp³-hybridized carbons (Fsp3) is 0.933. The Morgan fingerprint density at radius 1 is 1.17 bits per heavy atom. The Bertz CT molecular complexity index is 333. The maximum atomic E-state index is 12.3. The van der Waals surface area contributed by atoms with Gasteiger partial charge >= 0.3 is 0 Å². The Morgan fingerprint density at radius 3 is 2.50 bits per heavy atom. The van der Waals surface area contributed by atoms with Gasteiger partial charge in [-0.2, -0.15) is 0 Å². The lowest BCUT2D eigenvalue weighted by Crippen LogP contribution is -2.51. The summed E-state index contributed by atoms with van der Waals surface area (Å²) in [5.74, 6) is 1.04. The fourth-order valence-corrected chi connectivity index (χ4v) is 4.40. The van der Waals surface area contributed by atoms with Crippen molar-refractivity contribution in [3.8, 4) is 0 Å². The Hall–Kier alpha value is -0.570. The molecule has 2 unspecified atom stereocenters. The van der Waals surface area contributed by atoms with Crippen molar-refractivity contribution in [3.05, 3.63) is 0 Å². The van der Waals surface area contributed by atoms with Gasteiger partial charge in [-0.1, -0.05) is 33.1 Å². The van der Waals surface area contributed by atoms with Crippen molar-refractivity contribution in [1.82, 2.24) is 10.2 Å². The van der Waals surface area contributed by atoms with Gasteiger partial charge in [0.25, 0.3) is 0 Å². The summed E-state index contributed by atoms with van der Waals surface area (Å²) in [6, 6.07) is 0.464. The standard InChI is InChI=1S/C15H26N2O/c1-15(2)9-5-8-12(15)17-13(18)10-16-14(17)11-6-3-4-7-11/h11-12,14,16H,3-10H2,1-2H3. The van der Waals surface area contributed by atoms with Gasteiger partial charge in [0.1, 0.15) is 0 Å². The van der Waals surface area contributed by atoms with Crippen LogP contribution >= 0.6 is 0 Å². The average Bonchev–Trinajstić information content (AvgIpc) is 2.98. The van der Waals surface area contributed by atoms with E-state index in [1.807, 2.05) is 0 Å². The first-order valence-corrected chi connectivity index (χ1v) is 7.64. The van der Waals surface area contributed by atoms with Crippen molar-refractivity contribution in [3.63, 3.8) is 0 Å². The van der Waals surface area contributed by atoms with Crippen LogP contribution in [0.5, 0.6) is 0 Å². The monoisotopic (exact) mass is 250 g/mol. The Labute approximate surface area is 110 Å². The second kappa shape index (κ2) is 4.52. The molecule has 2 atom stereocenters. The highest BCUT2D eigenvalue weighted by Crippen LogP contribution is 2.43. The van der Waals surface area contributed by atoms with Crippen LogP contribution in [0.2, 0.25) is 0 Å². The van der Waals surface area contributed by atoms with Crippen LogP contribution in [-0.4, -0.2) is 29.6 Å². The van der Waals surface area contributed by atoms with Gasteiger partial charge in [0, 0.05) is 6.04 Å². The lowest BCUT2D eigenvalue weighted by atomic mass is 9.85. The number of hydrogen-bond donors (Lipinski definition) is 1. The first kappa shape index (κ1) is 12.5. The summed E-state index contributed by atoms with van der Waals surface area (Å²) in [6.45, 7) is 5.23. The summed E-state index contributed by atoms with van der Waals surface area (Å²) in [4.78, 5) is 14.5. The third-order valence-electron chi connectivity index (χ3n) is 5.43. The molecule has 1 N–H and O–H groups in total. The SMILES string of the molecule is CC1(C)CCCC1N1C(=O)CNC1C1CCCC1. The highest BCUT2D eigenvalue weighted by atomic mass is 16.2. The van der Waals surface area contributed by atoms with E-state index in [0.717, 1.165) is 0 Å². The van der Waals surface area contributed by atoms with Crippen molar-refractivity contribution >= 4 is 5.91 Å². The number of nitrogens with one attached hydrogen (secondary N) is 1. The number of rotatable bonds is 2. The Balaban J connectivity index is 1.80.